The number of hydrogen-bond acceptors (Lipinski definition) is 3. The summed E-state index contributed by atoms with van der Waals surface area (Å²) in [5, 5.41) is 3.66. The number of hydrogen-bond donors (Lipinski definition) is 1. The number of unbranched alkanes of at least 4 members (excludes halogenated alkanes) is 2. The van der Waals surface area contributed by atoms with Crippen LogP contribution < -0.4 is 5.32 Å². The molecule has 18 heavy (non-hydrogen) atoms. The first kappa shape index (κ1) is 15.2. The van der Waals surface area contributed by atoms with Crippen LogP contribution in [0.2, 0.25) is 5.28 Å². The lowest BCUT2D eigenvalue weighted by Gasteiger charge is -2.25. The van der Waals surface area contributed by atoms with E-state index in [4.69, 9.17) is 11.6 Å². The molecule has 0 aromatic carbocycles. The van der Waals surface area contributed by atoms with Crippen molar-refractivity contribution in [1.29, 1.82) is 0 Å². The van der Waals surface area contributed by atoms with Crippen molar-refractivity contribution < 1.29 is 0 Å². The SMILES string of the molecule is CCCCCC(C)(C)CNc1cc(C)nc(Cl)n1. The molecule has 0 unspecified atom stereocenters. The fourth-order valence-corrected chi connectivity index (χ4v) is 2.12. The summed E-state index contributed by atoms with van der Waals surface area (Å²) in [6, 6.07) is 1.92. The van der Waals surface area contributed by atoms with E-state index < -0.39 is 0 Å². The second-order valence-corrected chi connectivity index (χ2v) is 5.98. The fourth-order valence-electron chi connectivity index (χ4n) is 1.89. The van der Waals surface area contributed by atoms with Gasteiger partial charge in [0.2, 0.25) is 5.28 Å². The highest BCUT2D eigenvalue weighted by atomic mass is 35.5. The molecule has 1 N–H and O–H groups in total. The normalized spacial score (nSPS) is 11.6. The van der Waals surface area contributed by atoms with Gasteiger partial charge >= 0.3 is 0 Å². The van der Waals surface area contributed by atoms with Crippen molar-refractivity contribution >= 4 is 17.4 Å². The molecule has 1 heterocycles. The first-order valence-corrected chi connectivity index (χ1v) is 7.06. The van der Waals surface area contributed by atoms with Crippen molar-refractivity contribution in [2.45, 2.75) is 53.4 Å². The van der Waals surface area contributed by atoms with Gasteiger partial charge in [-0.05, 0) is 30.4 Å². The van der Waals surface area contributed by atoms with E-state index in [9.17, 15) is 0 Å². The lowest BCUT2D eigenvalue weighted by molar-refractivity contribution is 0.342. The molecular formula is C14H24ClN3. The fraction of sp³-hybridized carbons (Fsp3) is 0.714. The Hall–Kier alpha value is -0.830. The number of aryl methyl sites for hydroxylation is 1. The van der Waals surface area contributed by atoms with Crippen molar-refractivity contribution in [3.63, 3.8) is 0 Å². The van der Waals surface area contributed by atoms with Crippen LogP contribution in [-0.4, -0.2) is 16.5 Å². The first-order chi connectivity index (χ1) is 8.43. The third-order valence-corrected chi connectivity index (χ3v) is 3.20. The smallest absolute Gasteiger partial charge is 0.224 e. The Labute approximate surface area is 115 Å². The molecule has 0 saturated heterocycles. The van der Waals surface area contributed by atoms with Crippen LogP contribution in [0.25, 0.3) is 0 Å². The van der Waals surface area contributed by atoms with Gasteiger partial charge in [-0.1, -0.05) is 40.0 Å². The second-order valence-electron chi connectivity index (χ2n) is 5.64. The van der Waals surface area contributed by atoms with Crippen LogP contribution in [-0.2, 0) is 0 Å². The summed E-state index contributed by atoms with van der Waals surface area (Å²) in [7, 11) is 0. The molecule has 0 aliphatic heterocycles. The number of nitrogens with one attached hydrogen (secondary N) is 1. The van der Waals surface area contributed by atoms with Crippen molar-refractivity contribution in [3.8, 4) is 0 Å². The van der Waals surface area contributed by atoms with Gasteiger partial charge in [-0.2, -0.15) is 0 Å². The van der Waals surface area contributed by atoms with Crippen molar-refractivity contribution in [1.82, 2.24) is 9.97 Å². The summed E-state index contributed by atoms with van der Waals surface area (Å²) in [6.07, 6.45) is 5.09. The van der Waals surface area contributed by atoms with E-state index >= 15 is 0 Å². The van der Waals surface area contributed by atoms with Gasteiger partial charge in [-0.15, -0.1) is 0 Å². The molecule has 102 valence electrons. The third-order valence-electron chi connectivity index (χ3n) is 3.03. The maximum atomic E-state index is 5.84. The van der Waals surface area contributed by atoms with Crippen LogP contribution in [0, 0.1) is 12.3 Å². The average molecular weight is 270 g/mol. The standard InChI is InChI=1S/C14H24ClN3/c1-5-6-7-8-14(3,4)10-16-12-9-11(2)17-13(15)18-12/h9H,5-8,10H2,1-4H3,(H,16,17,18). The molecule has 1 aromatic heterocycles. The molecule has 1 rings (SSSR count). The quantitative estimate of drug-likeness (QED) is 0.587. The molecule has 0 radical (unpaired) electrons. The second kappa shape index (κ2) is 6.93. The highest BCUT2D eigenvalue weighted by Crippen LogP contribution is 2.24. The van der Waals surface area contributed by atoms with Crippen molar-refractivity contribution in [3.05, 3.63) is 17.0 Å². The molecule has 0 aliphatic rings. The van der Waals surface area contributed by atoms with E-state index in [2.05, 4.69) is 36.1 Å². The average Bonchev–Trinajstić information content (AvgIpc) is 2.25. The van der Waals surface area contributed by atoms with Crippen LogP contribution in [0.15, 0.2) is 6.07 Å². The molecule has 0 bridgehead atoms. The Bertz CT molecular complexity index is 357. The molecule has 0 spiro atoms. The van der Waals surface area contributed by atoms with Crippen LogP contribution in [0.3, 0.4) is 0 Å². The van der Waals surface area contributed by atoms with Gasteiger partial charge in [0, 0.05) is 18.3 Å². The Kier molecular flexibility index (Phi) is 5.86. The summed E-state index contributed by atoms with van der Waals surface area (Å²) in [5.74, 6) is 0.816. The monoisotopic (exact) mass is 269 g/mol. The summed E-state index contributed by atoms with van der Waals surface area (Å²) in [5.41, 5.74) is 1.17. The van der Waals surface area contributed by atoms with Gasteiger partial charge in [-0.3, -0.25) is 0 Å². The van der Waals surface area contributed by atoms with E-state index in [1.165, 1.54) is 25.7 Å². The number of anilines is 1. The maximum absolute atomic E-state index is 5.84. The number of nitrogens with zero attached hydrogens (tertiary/aromatic N) is 2. The number of aromatic nitrogens is 2. The lowest BCUT2D eigenvalue weighted by Crippen LogP contribution is -2.23. The molecule has 0 fully saturated rings. The molecular weight excluding hydrogens is 246 g/mol. The van der Waals surface area contributed by atoms with Crippen molar-refractivity contribution in [2.24, 2.45) is 5.41 Å². The van der Waals surface area contributed by atoms with E-state index in [1.807, 2.05) is 13.0 Å². The van der Waals surface area contributed by atoms with Crippen LogP contribution in [0.1, 0.15) is 52.1 Å². The van der Waals surface area contributed by atoms with Crippen LogP contribution >= 0.6 is 11.6 Å². The zero-order valence-electron chi connectivity index (χ0n) is 11.9. The van der Waals surface area contributed by atoms with E-state index in [1.54, 1.807) is 0 Å². The molecule has 3 nitrogen and oxygen atoms in total. The number of halogens is 1. The highest BCUT2D eigenvalue weighted by Gasteiger charge is 2.17. The van der Waals surface area contributed by atoms with Crippen LogP contribution in [0.4, 0.5) is 5.82 Å². The maximum Gasteiger partial charge on any atom is 0.224 e. The van der Waals surface area contributed by atoms with Gasteiger partial charge in [0.15, 0.2) is 0 Å². The summed E-state index contributed by atoms with van der Waals surface area (Å²) in [6.45, 7) is 9.63. The molecule has 0 aliphatic carbocycles. The van der Waals surface area contributed by atoms with Crippen molar-refractivity contribution in [2.75, 3.05) is 11.9 Å². The Morgan fingerprint density at radius 1 is 1.28 bits per heavy atom. The highest BCUT2D eigenvalue weighted by molar-refractivity contribution is 6.28. The van der Waals surface area contributed by atoms with Gasteiger partial charge < -0.3 is 5.32 Å². The lowest BCUT2D eigenvalue weighted by atomic mass is 9.87. The topological polar surface area (TPSA) is 37.8 Å². The third kappa shape index (κ3) is 5.67. The molecule has 0 amide bonds. The predicted octanol–water partition coefficient (Wildman–Crippen LogP) is 4.46. The largest absolute Gasteiger partial charge is 0.369 e. The predicted molar refractivity (Wildman–Crippen MR) is 78.2 cm³/mol. The van der Waals surface area contributed by atoms with Gasteiger partial charge in [-0.25, -0.2) is 9.97 Å². The minimum absolute atomic E-state index is 0.278. The number of rotatable bonds is 7. The Morgan fingerprint density at radius 3 is 2.61 bits per heavy atom. The Morgan fingerprint density at radius 2 is 2.00 bits per heavy atom. The van der Waals surface area contributed by atoms with E-state index in [0.717, 1.165) is 18.1 Å². The first-order valence-electron chi connectivity index (χ1n) is 6.68. The van der Waals surface area contributed by atoms with E-state index in [0.29, 0.717) is 5.28 Å². The van der Waals surface area contributed by atoms with E-state index in [-0.39, 0.29) is 5.41 Å². The molecule has 0 atom stereocenters. The molecule has 4 heteroatoms. The zero-order chi connectivity index (χ0) is 13.6. The Balaban J connectivity index is 2.47. The van der Waals surface area contributed by atoms with Crippen LogP contribution in [0.5, 0.6) is 0 Å². The molecule has 0 saturated carbocycles. The van der Waals surface area contributed by atoms with Gasteiger partial charge in [0.05, 0.1) is 0 Å². The van der Waals surface area contributed by atoms with Gasteiger partial charge in [0.1, 0.15) is 5.82 Å². The minimum atomic E-state index is 0.278. The molecule has 1 aromatic rings. The zero-order valence-corrected chi connectivity index (χ0v) is 12.6. The summed E-state index contributed by atoms with van der Waals surface area (Å²) in [4.78, 5) is 8.23. The minimum Gasteiger partial charge on any atom is -0.369 e. The summed E-state index contributed by atoms with van der Waals surface area (Å²) >= 11 is 5.84. The summed E-state index contributed by atoms with van der Waals surface area (Å²) < 4.78 is 0. The van der Waals surface area contributed by atoms with Gasteiger partial charge in [0.25, 0.3) is 0 Å².